The summed E-state index contributed by atoms with van der Waals surface area (Å²) in [4.78, 5) is 0. The molecule has 3 heterocycles. The molecule has 0 unspecified atom stereocenters. The van der Waals surface area contributed by atoms with Gasteiger partial charge in [-0.3, -0.25) is 0 Å². The lowest BCUT2D eigenvalue weighted by Crippen LogP contribution is -2.39. The van der Waals surface area contributed by atoms with Gasteiger partial charge >= 0.3 is 0 Å². The summed E-state index contributed by atoms with van der Waals surface area (Å²) in [5.41, 5.74) is 0.391. The maximum Gasteiger partial charge on any atom is 0.193 e. The maximum absolute atomic E-state index is 9.22. The molecule has 0 aliphatic carbocycles. The standard InChI is InChI=1S/C12H19NO6/c1-11(2)15-5-6(17-11)8-7(13-14)9-10(16-8)19-12(3,4)18-9/h6,8-10,14H,5H2,1-4H3/b13-7+/t6-,8-,9-,10-/m1/s1. The highest BCUT2D eigenvalue weighted by Crippen LogP contribution is 2.39. The third kappa shape index (κ3) is 2.25. The van der Waals surface area contributed by atoms with Crippen LogP contribution < -0.4 is 0 Å². The summed E-state index contributed by atoms with van der Waals surface area (Å²) in [7, 11) is 0. The lowest BCUT2D eigenvalue weighted by Gasteiger charge is -2.24. The van der Waals surface area contributed by atoms with Crippen LogP contribution in [0.1, 0.15) is 27.7 Å². The van der Waals surface area contributed by atoms with E-state index in [2.05, 4.69) is 5.16 Å². The second-order valence-electron chi connectivity index (χ2n) is 5.87. The van der Waals surface area contributed by atoms with E-state index >= 15 is 0 Å². The second-order valence-corrected chi connectivity index (χ2v) is 5.87. The summed E-state index contributed by atoms with van der Waals surface area (Å²) in [6.07, 6.45) is -1.92. The van der Waals surface area contributed by atoms with Crippen molar-refractivity contribution in [3.8, 4) is 0 Å². The molecule has 0 aromatic carbocycles. The van der Waals surface area contributed by atoms with Crippen LogP contribution in [-0.2, 0) is 23.7 Å². The van der Waals surface area contributed by atoms with Crippen molar-refractivity contribution in [3.63, 3.8) is 0 Å². The Hall–Kier alpha value is -0.730. The number of hydrogen-bond donors (Lipinski definition) is 1. The van der Waals surface area contributed by atoms with Crippen LogP contribution in [0.25, 0.3) is 0 Å². The summed E-state index contributed by atoms with van der Waals surface area (Å²) in [6, 6.07) is 0. The van der Waals surface area contributed by atoms with Crippen molar-refractivity contribution in [2.45, 2.75) is 63.9 Å². The van der Waals surface area contributed by atoms with Gasteiger partial charge in [0.15, 0.2) is 24.0 Å². The van der Waals surface area contributed by atoms with Crippen molar-refractivity contribution in [1.82, 2.24) is 0 Å². The minimum Gasteiger partial charge on any atom is -0.411 e. The normalized spacial score (nSPS) is 45.8. The van der Waals surface area contributed by atoms with E-state index in [4.69, 9.17) is 23.7 Å². The van der Waals surface area contributed by atoms with Crippen molar-refractivity contribution in [1.29, 1.82) is 0 Å². The van der Waals surface area contributed by atoms with Gasteiger partial charge < -0.3 is 28.9 Å². The summed E-state index contributed by atoms with van der Waals surface area (Å²) in [6.45, 7) is 7.61. The van der Waals surface area contributed by atoms with Gasteiger partial charge in [-0.25, -0.2) is 0 Å². The molecule has 0 saturated carbocycles. The molecule has 0 bridgehead atoms. The van der Waals surface area contributed by atoms with Crippen molar-refractivity contribution in [3.05, 3.63) is 0 Å². The minimum absolute atomic E-state index is 0.332. The van der Waals surface area contributed by atoms with Crippen LogP contribution in [0.3, 0.4) is 0 Å². The van der Waals surface area contributed by atoms with E-state index in [1.165, 1.54) is 0 Å². The van der Waals surface area contributed by atoms with Crippen LogP contribution in [0.5, 0.6) is 0 Å². The number of ether oxygens (including phenoxy) is 5. The molecule has 0 radical (unpaired) electrons. The number of rotatable bonds is 1. The van der Waals surface area contributed by atoms with E-state index in [0.29, 0.717) is 12.3 Å². The van der Waals surface area contributed by atoms with Gasteiger partial charge in [-0.1, -0.05) is 5.16 Å². The highest BCUT2D eigenvalue weighted by Gasteiger charge is 2.56. The van der Waals surface area contributed by atoms with E-state index < -0.39 is 30.1 Å². The lowest BCUT2D eigenvalue weighted by atomic mass is 10.1. The largest absolute Gasteiger partial charge is 0.411 e. The Labute approximate surface area is 111 Å². The summed E-state index contributed by atoms with van der Waals surface area (Å²) < 4.78 is 28.3. The molecule has 1 N–H and O–H groups in total. The summed E-state index contributed by atoms with van der Waals surface area (Å²) >= 11 is 0. The van der Waals surface area contributed by atoms with Crippen LogP contribution in [-0.4, -0.2) is 53.7 Å². The Morgan fingerprint density at radius 1 is 1.05 bits per heavy atom. The Bertz CT molecular complexity index is 407. The van der Waals surface area contributed by atoms with E-state index in [-0.39, 0.29) is 6.10 Å². The molecule has 3 rings (SSSR count). The van der Waals surface area contributed by atoms with Crippen molar-refractivity contribution < 1.29 is 28.9 Å². The minimum atomic E-state index is -0.747. The maximum atomic E-state index is 9.22. The predicted octanol–water partition coefficient (Wildman–Crippen LogP) is 0.844. The Kier molecular flexibility index (Phi) is 2.88. The van der Waals surface area contributed by atoms with Crippen molar-refractivity contribution >= 4 is 5.71 Å². The average molecular weight is 273 g/mol. The van der Waals surface area contributed by atoms with Crippen LogP contribution in [0, 0.1) is 0 Å². The fourth-order valence-corrected chi connectivity index (χ4v) is 2.66. The molecule has 19 heavy (non-hydrogen) atoms. The first-order chi connectivity index (χ1) is 8.81. The fourth-order valence-electron chi connectivity index (χ4n) is 2.66. The molecule has 0 spiro atoms. The van der Waals surface area contributed by atoms with Crippen molar-refractivity contribution in [2.75, 3.05) is 6.61 Å². The van der Waals surface area contributed by atoms with Gasteiger partial charge in [0.2, 0.25) is 0 Å². The molecular formula is C12H19NO6. The number of hydrogen-bond acceptors (Lipinski definition) is 7. The Morgan fingerprint density at radius 3 is 2.37 bits per heavy atom. The van der Waals surface area contributed by atoms with Gasteiger partial charge in [0, 0.05) is 0 Å². The molecule has 7 heteroatoms. The van der Waals surface area contributed by atoms with Gasteiger partial charge in [-0.15, -0.1) is 0 Å². The zero-order valence-electron chi connectivity index (χ0n) is 11.5. The molecular weight excluding hydrogens is 254 g/mol. The Morgan fingerprint density at radius 2 is 1.79 bits per heavy atom. The molecule has 0 aromatic rings. The van der Waals surface area contributed by atoms with Gasteiger partial charge in [0.25, 0.3) is 0 Å². The molecule has 0 aromatic heterocycles. The molecule has 4 atom stereocenters. The average Bonchev–Trinajstić information content (AvgIpc) is 2.87. The molecule has 3 saturated heterocycles. The SMILES string of the molecule is CC1(C)O[C@H]2O[C@H]([C@H]3COC(C)(C)O3)/C(=N\O)[C@H]2O1. The van der Waals surface area contributed by atoms with Gasteiger partial charge in [-0.2, -0.15) is 0 Å². The molecule has 3 aliphatic heterocycles. The predicted molar refractivity (Wildman–Crippen MR) is 62.8 cm³/mol. The monoisotopic (exact) mass is 273 g/mol. The summed E-state index contributed by atoms with van der Waals surface area (Å²) in [5.74, 6) is -1.41. The third-order valence-corrected chi connectivity index (χ3v) is 3.41. The van der Waals surface area contributed by atoms with Crippen LogP contribution in [0.15, 0.2) is 5.16 Å². The highest BCUT2D eigenvalue weighted by molar-refractivity contribution is 5.95. The van der Waals surface area contributed by atoms with E-state index in [1.54, 1.807) is 13.8 Å². The van der Waals surface area contributed by atoms with E-state index in [0.717, 1.165) is 0 Å². The lowest BCUT2D eigenvalue weighted by molar-refractivity contribution is -0.211. The number of fused-ring (bicyclic) bond motifs is 1. The molecule has 0 amide bonds. The summed E-state index contributed by atoms with van der Waals surface area (Å²) in [5, 5.41) is 12.5. The zero-order valence-corrected chi connectivity index (χ0v) is 11.5. The van der Waals surface area contributed by atoms with Gasteiger partial charge in [0.05, 0.1) is 6.61 Å². The van der Waals surface area contributed by atoms with E-state index in [9.17, 15) is 5.21 Å². The van der Waals surface area contributed by atoms with E-state index in [1.807, 2.05) is 13.8 Å². The zero-order chi connectivity index (χ0) is 13.8. The highest BCUT2D eigenvalue weighted by atomic mass is 16.8. The fraction of sp³-hybridized carbons (Fsp3) is 0.917. The third-order valence-electron chi connectivity index (χ3n) is 3.41. The van der Waals surface area contributed by atoms with Gasteiger partial charge in [0.1, 0.15) is 17.9 Å². The number of nitrogens with zero attached hydrogens (tertiary/aromatic N) is 1. The van der Waals surface area contributed by atoms with Crippen molar-refractivity contribution in [2.24, 2.45) is 5.16 Å². The molecule has 3 fully saturated rings. The van der Waals surface area contributed by atoms with Crippen LogP contribution in [0.4, 0.5) is 0 Å². The molecule has 108 valence electrons. The second kappa shape index (κ2) is 4.13. The Balaban J connectivity index is 1.76. The first-order valence-corrected chi connectivity index (χ1v) is 6.36. The first kappa shape index (κ1) is 13.3. The van der Waals surface area contributed by atoms with Crippen LogP contribution >= 0.6 is 0 Å². The van der Waals surface area contributed by atoms with Crippen LogP contribution in [0.2, 0.25) is 0 Å². The quantitative estimate of drug-likeness (QED) is 0.563. The molecule has 3 aliphatic rings. The van der Waals surface area contributed by atoms with Gasteiger partial charge in [-0.05, 0) is 27.7 Å². The topological polar surface area (TPSA) is 78.7 Å². The smallest absolute Gasteiger partial charge is 0.193 e. The first-order valence-electron chi connectivity index (χ1n) is 6.36. The number of oxime groups is 1. The molecule has 7 nitrogen and oxygen atoms in total.